The van der Waals surface area contributed by atoms with Crippen LogP contribution in [0.5, 0.6) is 0 Å². The van der Waals surface area contributed by atoms with E-state index < -0.39 is 17.7 Å². The number of halogens is 2. The summed E-state index contributed by atoms with van der Waals surface area (Å²) < 4.78 is 26.7. The fourth-order valence-corrected chi connectivity index (χ4v) is 2.33. The Bertz CT molecular complexity index is 459. The van der Waals surface area contributed by atoms with Crippen molar-refractivity contribution in [3.8, 4) is 0 Å². The predicted molar refractivity (Wildman–Crippen MR) is 68.5 cm³/mol. The molecule has 1 saturated heterocycles. The smallest absolute Gasteiger partial charge is 0.224 e. The Labute approximate surface area is 111 Å². The summed E-state index contributed by atoms with van der Waals surface area (Å²) in [5, 5.41) is 5.90. The first-order valence-electron chi connectivity index (χ1n) is 6.54. The minimum absolute atomic E-state index is 0.0900. The zero-order valence-electron chi connectivity index (χ0n) is 10.9. The summed E-state index contributed by atoms with van der Waals surface area (Å²) in [5.74, 6) is -1.20. The molecular formula is C14H18F2N2O. The van der Waals surface area contributed by atoms with Crippen LogP contribution in [0.15, 0.2) is 18.2 Å². The highest BCUT2D eigenvalue weighted by atomic mass is 19.1. The van der Waals surface area contributed by atoms with Gasteiger partial charge in [-0.3, -0.25) is 4.79 Å². The van der Waals surface area contributed by atoms with Crippen LogP contribution >= 0.6 is 0 Å². The molecule has 0 saturated carbocycles. The van der Waals surface area contributed by atoms with Gasteiger partial charge in [0.15, 0.2) is 0 Å². The highest BCUT2D eigenvalue weighted by Crippen LogP contribution is 2.19. The van der Waals surface area contributed by atoms with E-state index in [1.54, 1.807) is 6.92 Å². The monoisotopic (exact) mass is 268 g/mol. The first-order valence-corrected chi connectivity index (χ1v) is 6.54. The van der Waals surface area contributed by atoms with E-state index in [0.717, 1.165) is 37.6 Å². The van der Waals surface area contributed by atoms with Gasteiger partial charge in [-0.05, 0) is 44.5 Å². The molecule has 2 rings (SSSR count). The van der Waals surface area contributed by atoms with E-state index in [1.807, 2.05) is 0 Å². The molecule has 1 heterocycles. The molecule has 19 heavy (non-hydrogen) atoms. The molecule has 0 bridgehead atoms. The molecule has 0 aromatic heterocycles. The van der Waals surface area contributed by atoms with E-state index in [0.29, 0.717) is 6.54 Å². The second-order valence-electron chi connectivity index (χ2n) is 4.94. The van der Waals surface area contributed by atoms with E-state index >= 15 is 0 Å². The molecule has 104 valence electrons. The number of rotatable bonds is 3. The number of carbonyl (C=O) groups excluding carboxylic acids is 1. The van der Waals surface area contributed by atoms with Crippen molar-refractivity contribution in [3.05, 3.63) is 35.4 Å². The van der Waals surface area contributed by atoms with Crippen molar-refractivity contribution in [2.45, 2.75) is 25.8 Å². The Balaban J connectivity index is 2.01. The summed E-state index contributed by atoms with van der Waals surface area (Å²) in [7, 11) is 0. The Kier molecular flexibility index (Phi) is 4.47. The molecule has 1 fully saturated rings. The molecular weight excluding hydrogens is 250 g/mol. The third kappa shape index (κ3) is 3.50. The molecule has 0 aliphatic carbocycles. The van der Waals surface area contributed by atoms with Gasteiger partial charge in [-0.1, -0.05) is 0 Å². The standard InChI is InChI=1S/C14H18F2N2O/c1-9(12-7-11(15)4-5-13(12)16)18-14(19)10-3-2-6-17-8-10/h4-5,7,9-10,17H,2-3,6,8H2,1H3,(H,18,19). The SMILES string of the molecule is CC(NC(=O)C1CCCNC1)c1cc(F)ccc1F. The van der Waals surface area contributed by atoms with Gasteiger partial charge in [0.05, 0.1) is 12.0 Å². The van der Waals surface area contributed by atoms with Crippen LogP contribution in [-0.4, -0.2) is 19.0 Å². The summed E-state index contributed by atoms with van der Waals surface area (Å²) in [6.45, 7) is 3.23. The lowest BCUT2D eigenvalue weighted by molar-refractivity contribution is -0.126. The second-order valence-corrected chi connectivity index (χ2v) is 4.94. The molecule has 2 unspecified atom stereocenters. The predicted octanol–water partition coefficient (Wildman–Crippen LogP) is 2.14. The van der Waals surface area contributed by atoms with E-state index in [4.69, 9.17) is 0 Å². The van der Waals surface area contributed by atoms with Gasteiger partial charge in [0.2, 0.25) is 5.91 Å². The van der Waals surface area contributed by atoms with Crippen molar-refractivity contribution in [2.75, 3.05) is 13.1 Å². The van der Waals surface area contributed by atoms with E-state index in [1.165, 1.54) is 0 Å². The summed E-state index contributed by atoms with van der Waals surface area (Å²) >= 11 is 0. The van der Waals surface area contributed by atoms with Crippen LogP contribution in [0.2, 0.25) is 0 Å². The van der Waals surface area contributed by atoms with Gasteiger partial charge in [-0.15, -0.1) is 0 Å². The molecule has 3 nitrogen and oxygen atoms in total. The molecule has 0 radical (unpaired) electrons. The summed E-state index contributed by atoms with van der Waals surface area (Å²) in [4.78, 5) is 12.0. The number of amides is 1. The van der Waals surface area contributed by atoms with Crippen LogP contribution in [0.3, 0.4) is 0 Å². The summed E-state index contributed by atoms with van der Waals surface area (Å²) in [5.41, 5.74) is 0.178. The van der Waals surface area contributed by atoms with Crippen molar-refractivity contribution in [3.63, 3.8) is 0 Å². The van der Waals surface area contributed by atoms with Gasteiger partial charge in [-0.25, -0.2) is 8.78 Å². The van der Waals surface area contributed by atoms with Crippen molar-refractivity contribution in [1.82, 2.24) is 10.6 Å². The Hall–Kier alpha value is -1.49. The van der Waals surface area contributed by atoms with Crippen LogP contribution in [0.1, 0.15) is 31.4 Å². The third-order valence-electron chi connectivity index (χ3n) is 3.45. The van der Waals surface area contributed by atoms with Crippen LogP contribution < -0.4 is 10.6 Å². The first kappa shape index (κ1) is 13.9. The van der Waals surface area contributed by atoms with Crippen molar-refractivity contribution in [1.29, 1.82) is 0 Å². The maximum absolute atomic E-state index is 13.6. The Morgan fingerprint density at radius 1 is 1.47 bits per heavy atom. The Morgan fingerprint density at radius 3 is 2.95 bits per heavy atom. The topological polar surface area (TPSA) is 41.1 Å². The van der Waals surface area contributed by atoms with Crippen molar-refractivity contribution >= 4 is 5.91 Å². The molecule has 1 aromatic rings. The van der Waals surface area contributed by atoms with Gasteiger partial charge in [-0.2, -0.15) is 0 Å². The molecule has 5 heteroatoms. The van der Waals surface area contributed by atoms with E-state index in [2.05, 4.69) is 10.6 Å². The van der Waals surface area contributed by atoms with Gasteiger partial charge in [0.25, 0.3) is 0 Å². The van der Waals surface area contributed by atoms with Crippen LogP contribution in [0.25, 0.3) is 0 Å². The lowest BCUT2D eigenvalue weighted by atomic mass is 9.98. The van der Waals surface area contributed by atoms with Gasteiger partial charge >= 0.3 is 0 Å². The van der Waals surface area contributed by atoms with E-state index in [9.17, 15) is 13.6 Å². The fraction of sp³-hybridized carbons (Fsp3) is 0.500. The number of hydrogen-bond donors (Lipinski definition) is 2. The normalized spacial score (nSPS) is 20.9. The molecule has 2 N–H and O–H groups in total. The van der Waals surface area contributed by atoms with Gasteiger partial charge in [0, 0.05) is 12.1 Å². The maximum atomic E-state index is 13.6. The number of carbonyl (C=O) groups is 1. The van der Waals surface area contributed by atoms with E-state index in [-0.39, 0.29) is 17.4 Å². The highest BCUT2D eigenvalue weighted by Gasteiger charge is 2.23. The largest absolute Gasteiger partial charge is 0.349 e. The van der Waals surface area contributed by atoms with Gasteiger partial charge < -0.3 is 10.6 Å². The van der Waals surface area contributed by atoms with Crippen LogP contribution in [0.4, 0.5) is 8.78 Å². The lowest BCUT2D eigenvalue weighted by Gasteiger charge is -2.24. The summed E-state index contributed by atoms with van der Waals surface area (Å²) in [6.07, 6.45) is 1.79. The third-order valence-corrected chi connectivity index (χ3v) is 3.45. The minimum Gasteiger partial charge on any atom is -0.349 e. The van der Waals surface area contributed by atoms with Gasteiger partial charge in [0.1, 0.15) is 11.6 Å². The van der Waals surface area contributed by atoms with Crippen molar-refractivity contribution < 1.29 is 13.6 Å². The summed E-state index contributed by atoms with van der Waals surface area (Å²) in [6, 6.07) is 2.73. The first-order chi connectivity index (χ1) is 9.08. The average molecular weight is 268 g/mol. The fourth-order valence-electron chi connectivity index (χ4n) is 2.33. The molecule has 1 aliphatic rings. The highest BCUT2D eigenvalue weighted by molar-refractivity contribution is 5.79. The minimum atomic E-state index is -0.537. The second kappa shape index (κ2) is 6.10. The molecule has 1 aromatic carbocycles. The zero-order valence-corrected chi connectivity index (χ0v) is 10.9. The average Bonchev–Trinajstić information content (AvgIpc) is 2.42. The lowest BCUT2D eigenvalue weighted by Crippen LogP contribution is -2.41. The maximum Gasteiger partial charge on any atom is 0.224 e. The molecule has 1 aliphatic heterocycles. The van der Waals surface area contributed by atoms with Crippen LogP contribution in [0, 0.1) is 17.6 Å². The molecule has 1 amide bonds. The quantitative estimate of drug-likeness (QED) is 0.882. The zero-order chi connectivity index (χ0) is 13.8. The Morgan fingerprint density at radius 2 is 2.26 bits per heavy atom. The number of hydrogen-bond acceptors (Lipinski definition) is 2. The molecule has 0 spiro atoms. The number of piperidine rings is 1. The number of benzene rings is 1. The van der Waals surface area contributed by atoms with Crippen LogP contribution in [-0.2, 0) is 4.79 Å². The molecule has 2 atom stereocenters. The number of nitrogens with one attached hydrogen (secondary N) is 2. The van der Waals surface area contributed by atoms with Crippen molar-refractivity contribution in [2.24, 2.45) is 5.92 Å².